The van der Waals surface area contributed by atoms with Crippen molar-refractivity contribution in [2.24, 2.45) is 0 Å². The first-order valence-corrected chi connectivity index (χ1v) is 11.1. The summed E-state index contributed by atoms with van der Waals surface area (Å²) in [6.07, 6.45) is 2.49. The zero-order chi connectivity index (χ0) is 21.8. The number of fused-ring (bicyclic) bond motifs is 1. The fourth-order valence-electron chi connectivity index (χ4n) is 3.13. The van der Waals surface area contributed by atoms with Gasteiger partial charge in [0.1, 0.15) is 5.76 Å². The quantitative estimate of drug-likeness (QED) is 0.315. The number of nitrogens with zero attached hydrogens (tertiary/aromatic N) is 2. The number of rotatable bonds is 7. The van der Waals surface area contributed by atoms with Gasteiger partial charge in [-0.15, -0.1) is 0 Å². The molecule has 0 saturated carbocycles. The average molecular weight is 454 g/mol. The van der Waals surface area contributed by atoms with Crippen molar-refractivity contribution in [2.75, 3.05) is 11.1 Å². The normalized spacial score (nSPS) is 11.0. The van der Waals surface area contributed by atoms with Gasteiger partial charge in [-0.05, 0) is 54.4 Å². The lowest BCUT2D eigenvalue weighted by Gasteiger charge is -2.12. The Morgan fingerprint density at radius 1 is 1.19 bits per heavy atom. The van der Waals surface area contributed by atoms with Gasteiger partial charge in [0.05, 0.1) is 29.5 Å². The van der Waals surface area contributed by atoms with E-state index >= 15 is 0 Å². The van der Waals surface area contributed by atoms with Crippen LogP contribution in [0.25, 0.3) is 10.9 Å². The number of benzene rings is 2. The molecule has 0 bridgehead atoms. The molecule has 158 valence electrons. The number of carbonyl (C=O) groups is 1. The molecule has 0 aliphatic carbocycles. The molecule has 2 heterocycles. The molecule has 6 nitrogen and oxygen atoms in total. The first-order chi connectivity index (χ1) is 15.0. The molecular formula is C23H20ClN3O3S. The SMILES string of the molecule is CCc1ccc(NC(=O)CSc2nc3cc(Cl)ccc3c(=O)n2Cc2ccco2)cc1. The van der Waals surface area contributed by atoms with Crippen molar-refractivity contribution in [3.8, 4) is 0 Å². The van der Waals surface area contributed by atoms with E-state index in [1.165, 1.54) is 21.9 Å². The van der Waals surface area contributed by atoms with E-state index in [-0.39, 0.29) is 23.8 Å². The van der Waals surface area contributed by atoms with Gasteiger partial charge in [-0.1, -0.05) is 42.4 Å². The van der Waals surface area contributed by atoms with Crippen LogP contribution in [0.3, 0.4) is 0 Å². The van der Waals surface area contributed by atoms with Gasteiger partial charge in [0.2, 0.25) is 5.91 Å². The number of amides is 1. The highest BCUT2D eigenvalue weighted by molar-refractivity contribution is 7.99. The van der Waals surface area contributed by atoms with E-state index in [1.807, 2.05) is 24.3 Å². The Labute approximate surface area is 188 Å². The summed E-state index contributed by atoms with van der Waals surface area (Å²) in [5.74, 6) is 0.547. The molecule has 0 saturated heterocycles. The maximum absolute atomic E-state index is 13.1. The van der Waals surface area contributed by atoms with Crippen molar-refractivity contribution in [3.05, 3.63) is 87.6 Å². The Morgan fingerprint density at radius 3 is 2.71 bits per heavy atom. The van der Waals surface area contributed by atoms with Crippen molar-refractivity contribution >= 4 is 45.9 Å². The first kappa shape index (κ1) is 21.2. The summed E-state index contributed by atoms with van der Waals surface area (Å²) in [4.78, 5) is 30.2. The Balaban J connectivity index is 1.58. The van der Waals surface area contributed by atoms with Gasteiger partial charge in [0.15, 0.2) is 5.16 Å². The molecule has 0 fully saturated rings. The Hall–Kier alpha value is -3.03. The summed E-state index contributed by atoms with van der Waals surface area (Å²) < 4.78 is 6.92. The van der Waals surface area contributed by atoms with E-state index in [0.717, 1.165) is 12.1 Å². The number of hydrogen-bond acceptors (Lipinski definition) is 5. The molecule has 0 radical (unpaired) electrons. The number of aryl methyl sites for hydroxylation is 1. The molecule has 1 N–H and O–H groups in total. The van der Waals surface area contributed by atoms with Crippen LogP contribution in [-0.4, -0.2) is 21.2 Å². The topological polar surface area (TPSA) is 77.1 Å². The number of nitrogens with one attached hydrogen (secondary N) is 1. The molecule has 2 aromatic heterocycles. The Bertz CT molecular complexity index is 1270. The third-order valence-corrected chi connectivity index (χ3v) is 5.97. The molecule has 0 aliphatic heterocycles. The maximum atomic E-state index is 13.1. The van der Waals surface area contributed by atoms with E-state index in [2.05, 4.69) is 17.2 Å². The molecule has 0 unspecified atom stereocenters. The highest BCUT2D eigenvalue weighted by Gasteiger charge is 2.15. The number of halogens is 1. The number of carbonyl (C=O) groups excluding carboxylic acids is 1. The molecule has 0 atom stereocenters. The number of aromatic nitrogens is 2. The largest absolute Gasteiger partial charge is 0.467 e. The standard InChI is InChI=1S/C23H20ClN3O3S/c1-2-15-5-8-17(9-6-15)25-21(28)14-31-23-26-20-12-16(24)7-10-19(20)22(29)27(23)13-18-4-3-11-30-18/h3-12H,2,13-14H2,1H3,(H,25,28). The van der Waals surface area contributed by atoms with Crippen LogP contribution >= 0.6 is 23.4 Å². The zero-order valence-corrected chi connectivity index (χ0v) is 18.4. The summed E-state index contributed by atoms with van der Waals surface area (Å²) in [5, 5.41) is 4.25. The summed E-state index contributed by atoms with van der Waals surface area (Å²) in [6.45, 7) is 2.30. The van der Waals surface area contributed by atoms with Crippen molar-refractivity contribution < 1.29 is 9.21 Å². The zero-order valence-electron chi connectivity index (χ0n) is 16.8. The minimum Gasteiger partial charge on any atom is -0.467 e. The van der Waals surface area contributed by atoms with Crippen molar-refractivity contribution in [2.45, 2.75) is 25.0 Å². The van der Waals surface area contributed by atoms with Gasteiger partial charge >= 0.3 is 0 Å². The predicted molar refractivity (Wildman–Crippen MR) is 124 cm³/mol. The molecule has 4 aromatic rings. The van der Waals surface area contributed by atoms with Crippen LogP contribution in [0.5, 0.6) is 0 Å². The molecule has 31 heavy (non-hydrogen) atoms. The lowest BCUT2D eigenvalue weighted by atomic mass is 10.1. The molecule has 4 rings (SSSR count). The minimum absolute atomic E-state index is 0.103. The number of thioether (sulfide) groups is 1. The lowest BCUT2D eigenvalue weighted by Crippen LogP contribution is -2.24. The van der Waals surface area contributed by atoms with E-state index in [9.17, 15) is 9.59 Å². The molecule has 0 spiro atoms. The van der Waals surface area contributed by atoms with Crippen LogP contribution in [0.2, 0.25) is 5.02 Å². The Kier molecular flexibility index (Phi) is 6.44. The van der Waals surface area contributed by atoms with Gasteiger partial charge in [-0.3, -0.25) is 14.2 Å². The second kappa shape index (κ2) is 9.41. The average Bonchev–Trinajstić information content (AvgIpc) is 3.28. The highest BCUT2D eigenvalue weighted by atomic mass is 35.5. The third kappa shape index (κ3) is 5.00. The number of hydrogen-bond donors (Lipinski definition) is 1. The molecule has 2 aromatic carbocycles. The monoisotopic (exact) mass is 453 g/mol. The van der Waals surface area contributed by atoms with Crippen LogP contribution in [0.4, 0.5) is 5.69 Å². The van der Waals surface area contributed by atoms with Crippen molar-refractivity contribution in [3.63, 3.8) is 0 Å². The van der Waals surface area contributed by atoms with E-state index < -0.39 is 0 Å². The van der Waals surface area contributed by atoms with E-state index in [4.69, 9.17) is 16.0 Å². The number of furan rings is 1. The number of anilines is 1. The second-order valence-corrected chi connectivity index (χ2v) is 8.29. The molecule has 8 heteroatoms. The van der Waals surface area contributed by atoms with E-state index in [0.29, 0.717) is 26.8 Å². The summed E-state index contributed by atoms with van der Waals surface area (Å²) in [7, 11) is 0. The summed E-state index contributed by atoms with van der Waals surface area (Å²) in [6, 6.07) is 16.3. The van der Waals surface area contributed by atoms with Gasteiger partial charge in [0.25, 0.3) is 5.56 Å². The van der Waals surface area contributed by atoms with Crippen LogP contribution < -0.4 is 10.9 Å². The lowest BCUT2D eigenvalue weighted by molar-refractivity contribution is -0.113. The van der Waals surface area contributed by atoms with Crippen LogP contribution in [-0.2, 0) is 17.8 Å². The van der Waals surface area contributed by atoms with Crippen LogP contribution in [0.15, 0.2) is 75.2 Å². The second-order valence-electron chi connectivity index (χ2n) is 6.91. The van der Waals surface area contributed by atoms with Gasteiger partial charge < -0.3 is 9.73 Å². The molecule has 0 aliphatic rings. The summed E-state index contributed by atoms with van der Waals surface area (Å²) in [5.41, 5.74) is 2.21. The van der Waals surface area contributed by atoms with Crippen LogP contribution in [0, 0.1) is 0 Å². The smallest absolute Gasteiger partial charge is 0.262 e. The molecular weight excluding hydrogens is 434 g/mol. The van der Waals surface area contributed by atoms with Crippen molar-refractivity contribution in [1.82, 2.24) is 9.55 Å². The molecule has 1 amide bonds. The van der Waals surface area contributed by atoms with Gasteiger partial charge in [0, 0.05) is 10.7 Å². The minimum atomic E-state index is -0.212. The van der Waals surface area contributed by atoms with Crippen LogP contribution in [0.1, 0.15) is 18.2 Å². The first-order valence-electron chi connectivity index (χ1n) is 9.77. The fourth-order valence-corrected chi connectivity index (χ4v) is 4.10. The van der Waals surface area contributed by atoms with Gasteiger partial charge in [-0.2, -0.15) is 0 Å². The third-order valence-electron chi connectivity index (χ3n) is 4.75. The maximum Gasteiger partial charge on any atom is 0.262 e. The highest BCUT2D eigenvalue weighted by Crippen LogP contribution is 2.22. The predicted octanol–water partition coefficient (Wildman–Crippen LogP) is 4.98. The van der Waals surface area contributed by atoms with E-state index in [1.54, 1.807) is 36.6 Å². The summed E-state index contributed by atoms with van der Waals surface area (Å²) >= 11 is 7.28. The van der Waals surface area contributed by atoms with Gasteiger partial charge in [-0.25, -0.2) is 4.98 Å². The fraction of sp³-hybridized carbons (Fsp3) is 0.174. The Morgan fingerprint density at radius 2 is 2.00 bits per heavy atom. The van der Waals surface area contributed by atoms with Crippen molar-refractivity contribution in [1.29, 1.82) is 0 Å².